The molecule has 0 radical (unpaired) electrons. The van der Waals surface area contributed by atoms with Gasteiger partial charge in [-0.05, 0) is 55.0 Å². The Morgan fingerprint density at radius 3 is 2.62 bits per heavy atom. The Morgan fingerprint density at radius 1 is 1.10 bits per heavy atom. The molecule has 10 heteroatoms. The minimum Gasteiger partial charge on any atom is -0.384 e. The van der Waals surface area contributed by atoms with Crippen LogP contribution in [0.3, 0.4) is 0 Å². The van der Waals surface area contributed by atoms with E-state index in [1.54, 1.807) is 37.4 Å². The number of hydrogen-bond donors (Lipinski definition) is 2. The fraction of sp³-hybridized carbons (Fsp3) is 0.345. The molecule has 2 saturated heterocycles. The number of carbonyl (C=O) groups is 1. The van der Waals surface area contributed by atoms with Gasteiger partial charge < -0.3 is 15.7 Å². The number of aliphatic hydroxyl groups is 1. The van der Waals surface area contributed by atoms with Crippen molar-refractivity contribution in [2.24, 2.45) is 0 Å². The first-order chi connectivity index (χ1) is 18.6. The molecular formula is C29H28F3N5O2. The average molecular weight is 536 g/mol. The normalized spacial score (nSPS) is 20.4. The molecule has 4 heterocycles. The van der Waals surface area contributed by atoms with Gasteiger partial charge in [0.25, 0.3) is 0 Å². The number of benzene rings is 2. The van der Waals surface area contributed by atoms with Crippen LogP contribution >= 0.6 is 0 Å². The van der Waals surface area contributed by atoms with Gasteiger partial charge in [0.05, 0.1) is 5.56 Å². The van der Waals surface area contributed by atoms with Crippen LogP contribution in [-0.4, -0.2) is 42.9 Å². The first kappa shape index (κ1) is 25.4. The average Bonchev–Trinajstić information content (AvgIpc) is 3.49. The van der Waals surface area contributed by atoms with Crippen LogP contribution in [0.1, 0.15) is 65.8 Å². The Hall–Kier alpha value is -3.92. The predicted octanol–water partition coefficient (Wildman–Crippen LogP) is 5.26. The summed E-state index contributed by atoms with van der Waals surface area (Å²) in [5, 5.41) is 11.0. The van der Waals surface area contributed by atoms with E-state index in [4.69, 9.17) is 10.7 Å². The number of piperidine rings is 1. The molecule has 0 aliphatic carbocycles. The van der Waals surface area contributed by atoms with Gasteiger partial charge >= 0.3 is 6.18 Å². The lowest BCUT2D eigenvalue weighted by atomic mass is 9.92. The molecule has 2 fully saturated rings. The van der Waals surface area contributed by atoms with E-state index < -0.39 is 17.8 Å². The number of amides is 1. The largest absolute Gasteiger partial charge is 0.416 e. The number of nitrogens with zero attached hydrogens (tertiary/aromatic N) is 4. The summed E-state index contributed by atoms with van der Waals surface area (Å²) in [7, 11) is 0. The van der Waals surface area contributed by atoms with Crippen LogP contribution < -0.4 is 5.73 Å². The Morgan fingerprint density at radius 2 is 1.87 bits per heavy atom. The van der Waals surface area contributed by atoms with E-state index in [0.29, 0.717) is 47.2 Å². The molecule has 0 bridgehead atoms. The molecule has 1 unspecified atom stereocenters. The fourth-order valence-electron chi connectivity index (χ4n) is 5.97. The number of nitrogens with two attached hydrogens (primary N) is 1. The number of aliphatic hydroxyl groups excluding tert-OH is 1. The first-order valence-corrected chi connectivity index (χ1v) is 13.0. The number of fused-ring (bicyclic) bond motifs is 2. The van der Waals surface area contributed by atoms with E-state index in [-0.39, 0.29) is 17.4 Å². The monoisotopic (exact) mass is 535 g/mol. The van der Waals surface area contributed by atoms with E-state index in [9.17, 15) is 23.1 Å². The highest BCUT2D eigenvalue weighted by Gasteiger charge is 2.38. The lowest BCUT2D eigenvalue weighted by Gasteiger charge is -2.34. The summed E-state index contributed by atoms with van der Waals surface area (Å²) in [6.45, 7) is 2.29. The third-order valence-electron chi connectivity index (χ3n) is 8.09. The van der Waals surface area contributed by atoms with Gasteiger partial charge in [-0.1, -0.05) is 30.3 Å². The number of imidazole rings is 1. The molecule has 1 amide bonds. The van der Waals surface area contributed by atoms with E-state index >= 15 is 0 Å². The Kier molecular flexibility index (Phi) is 6.10. The summed E-state index contributed by atoms with van der Waals surface area (Å²) in [5.74, 6) is 1.38. The quantitative estimate of drug-likeness (QED) is 0.372. The highest BCUT2D eigenvalue weighted by molar-refractivity contribution is 5.85. The molecule has 0 saturated carbocycles. The van der Waals surface area contributed by atoms with Crippen LogP contribution in [0.25, 0.3) is 16.8 Å². The van der Waals surface area contributed by atoms with E-state index in [0.717, 1.165) is 42.8 Å². The zero-order valence-electron chi connectivity index (χ0n) is 21.3. The summed E-state index contributed by atoms with van der Waals surface area (Å²) in [6, 6.07) is 10.6. The zero-order valence-corrected chi connectivity index (χ0v) is 21.3. The molecule has 6 rings (SSSR count). The number of halogens is 3. The second-order valence-corrected chi connectivity index (χ2v) is 10.5. The molecule has 0 spiro atoms. The van der Waals surface area contributed by atoms with Gasteiger partial charge in [0.15, 0.2) is 0 Å². The predicted molar refractivity (Wildman–Crippen MR) is 140 cm³/mol. The molecule has 2 aliphatic rings. The molecule has 2 aromatic heterocycles. The van der Waals surface area contributed by atoms with Crippen molar-refractivity contribution in [2.75, 3.05) is 12.3 Å². The standard InChI is InChI=1S/C29H28F3N5O2/c1-16-2-8-20(29(30,31)32)14-22(16)26(39)18-5-3-17(4-6-18)24-25-27(33)34-12-13-36(25)28(35-24)19-7-9-21-10-11-23(38)37(21)15-19/h2-6,8,12-14,19,21,26,39H,7,9-11,15H2,1H3,(H2,33,34)/t19-,21+,26?/m1/s1. The maximum Gasteiger partial charge on any atom is 0.416 e. The summed E-state index contributed by atoms with van der Waals surface area (Å²) >= 11 is 0. The minimum absolute atomic E-state index is 0.0522. The molecule has 202 valence electrons. The second-order valence-electron chi connectivity index (χ2n) is 10.5. The third-order valence-corrected chi connectivity index (χ3v) is 8.09. The molecule has 7 nitrogen and oxygen atoms in total. The second kappa shape index (κ2) is 9.37. The number of alkyl halides is 3. The van der Waals surface area contributed by atoms with Crippen molar-refractivity contribution < 1.29 is 23.1 Å². The van der Waals surface area contributed by atoms with Gasteiger partial charge in [0, 0.05) is 42.9 Å². The van der Waals surface area contributed by atoms with Crippen molar-refractivity contribution in [3.05, 3.63) is 82.9 Å². The van der Waals surface area contributed by atoms with Crippen LogP contribution in [0, 0.1) is 6.92 Å². The lowest BCUT2D eigenvalue weighted by molar-refractivity contribution is -0.137. The maximum atomic E-state index is 13.3. The summed E-state index contributed by atoms with van der Waals surface area (Å²) in [5.41, 5.74) is 8.74. The molecule has 4 aromatic rings. The highest BCUT2D eigenvalue weighted by atomic mass is 19.4. The molecule has 2 aromatic carbocycles. The number of aryl methyl sites for hydroxylation is 1. The highest BCUT2D eigenvalue weighted by Crippen LogP contribution is 2.39. The minimum atomic E-state index is -4.50. The fourth-order valence-corrected chi connectivity index (χ4v) is 5.97. The number of nitrogen functional groups attached to an aromatic ring is 1. The molecule has 39 heavy (non-hydrogen) atoms. The van der Waals surface area contributed by atoms with Gasteiger partial charge in [-0.15, -0.1) is 0 Å². The molecule has 3 N–H and O–H groups in total. The van der Waals surface area contributed by atoms with Crippen molar-refractivity contribution in [3.8, 4) is 11.3 Å². The van der Waals surface area contributed by atoms with Gasteiger partial charge in [0.1, 0.15) is 29.0 Å². The number of hydrogen-bond acceptors (Lipinski definition) is 5. The first-order valence-electron chi connectivity index (χ1n) is 13.0. The van der Waals surface area contributed by atoms with Crippen molar-refractivity contribution in [2.45, 2.75) is 56.8 Å². The smallest absolute Gasteiger partial charge is 0.384 e. The molecular weight excluding hydrogens is 507 g/mol. The van der Waals surface area contributed by atoms with E-state index in [1.807, 2.05) is 15.5 Å². The summed E-state index contributed by atoms with van der Waals surface area (Å²) < 4.78 is 41.7. The number of aromatic nitrogens is 3. The SMILES string of the molecule is Cc1ccc(C(F)(F)F)cc1C(O)c1ccc(-c2nc([C@@H]3CC[C@H]4CCC(=O)N4C3)n3ccnc(N)c23)cc1. The van der Waals surface area contributed by atoms with E-state index in [2.05, 4.69) is 4.98 Å². The molecule has 2 aliphatic heterocycles. The Labute approximate surface area is 223 Å². The van der Waals surface area contributed by atoms with Gasteiger partial charge in [-0.2, -0.15) is 13.2 Å². The number of carbonyl (C=O) groups excluding carboxylic acids is 1. The van der Waals surface area contributed by atoms with Gasteiger partial charge in [0.2, 0.25) is 5.91 Å². The zero-order chi connectivity index (χ0) is 27.5. The topological polar surface area (TPSA) is 96.8 Å². The third kappa shape index (κ3) is 4.42. The van der Waals surface area contributed by atoms with Crippen molar-refractivity contribution in [3.63, 3.8) is 0 Å². The van der Waals surface area contributed by atoms with E-state index in [1.165, 1.54) is 6.07 Å². The van der Waals surface area contributed by atoms with Crippen LogP contribution in [-0.2, 0) is 11.0 Å². The lowest BCUT2D eigenvalue weighted by Crippen LogP contribution is -2.41. The van der Waals surface area contributed by atoms with Crippen LogP contribution in [0.5, 0.6) is 0 Å². The van der Waals surface area contributed by atoms with Crippen LogP contribution in [0.4, 0.5) is 19.0 Å². The number of anilines is 1. The van der Waals surface area contributed by atoms with Crippen molar-refractivity contribution in [1.82, 2.24) is 19.3 Å². The van der Waals surface area contributed by atoms with Crippen molar-refractivity contribution >= 4 is 17.2 Å². The summed E-state index contributed by atoms with van der Waals surface area (Å²) in [6.07, 6.45) is 1.08. The van der Waals surface area contributed by atoms with Gasteiger partial charge in [-0.25, -0.2) is 9.97 Å². The van der Waals surface area contributed by atoms with Crippen LogP contribution in [0.15, 0.2) is 54.9 Å². The number of rotatable bonds is 4. The molecule has 3 atom stereocenters. The Bertz CT molecular complexity index is 1560. The maximum absolute atomic E-state index is 13.3. The van der Waals surface area contributed by atoms with Crippen LogP contribution in [0.2, 0.25) is 0 Å². The Balaban J connectivity index is 1.35. The van der Waals surface area contributed by atoms with Gasteiger partial charge in [-0.3, -0.25) is 9.20 Å². The summed E-state index contributed by atoms with van der Waals surface area (Å²) in [4.78, 5) is 23.6. The van der Waals surface area contributed by atoms with Crippen molar-refractivity contribution in [1.29, 1.82) is 0 Å².